The highest BCUT2D eigenvalue weighted by molar-refractivity contribution is 5.67. The van der Waals surface area contributed by atoms with Crippen LogP contribution in [0, 0.1) is 0 Å². The Morgan fingerprint density at radius 3 is 2.75 bits per heavy atom. The minimum absolute atomic E-state index is 0.122. The summed E-state index contributed by atoms with van der Waals surface area (Å²) in [5.41, 5.74) is 1.26. The molecule has 2 atom stereocenters. The van der Waals surface area contributed by atoms with Crippen molar-refractivity contribution < 1.29 is 9.90 Å². The molecule has 1 aromatic carbocycles. The zero-order chi connectivity index (χ0) is 11.4. The Morgan fingerprint density at radius 1 is 1.31 bits per heavy atom. The summed E-state index contributed by atoms with van der Waals surface area (Å²) in [6, 6.07) is 10.7. The van der Waals surface area contributed by atoms with Crippen LogP contribution >= 0.6 is 0 Å². The van der Waals surface area contributed by atoms with E-state index < -0.39 is 5.97 Å². The van der Waals surface area contributed by atoms with Crippen LogP contribution in [0.2, 0.25) is 0 Å². The van der Waals surface area contributed by atoms with Gasteiger partial charge in [-0.2, -0.15) is 0 Å². The number of aliphatic carboxylic acids is 1. The lowest BCUT2D eigenvalue weighted by Crippen LogP contribution is -2.38. The summed E-state index contributed by atoms with van der Waals surface area (Å²) in [6.07, 6.45) is 3.39. The van der Waals surface area contributed by atoms with Crippen molar-refractivity contribution in [3.63, 3.8) is 0 Å². The zero-order valence-electron chi connectivity index (χ0n) is 9.23. The first-order chi connectivity index (χ1) is 7.75. The van der Waals surface area contributed by atoms with Gasteiger partial charge in [-0.3, -0.25) is 4.79 Å². The second-order valence-corrected chi connectivity index (χ2v) is 4.36. The van der Waals surface area contributed by atoms with Crippen LogP contribution in [0.5, 0.6) is 0 Å². The standard InChI is InChI=1S/C13H17NO2/c15-13(16)9-11-7-4-8-12(14-11)10-5-2-1-3-6-10/h1-3,5-6,11-12,14H,4,7-9H2,(H,15,16). The molecule has 2 rings (SSSR count). The molecular formula is C13H17NO2. The number of piperidine rings is 1. The van der Waals surface area contributed by atoms with Crippen molar-refractivity contribution >= 4 is 5.97 Å². The highest BCUT2D eigenvalue weighted by Crippen LogP contribution is 2.26. The van der Waals surface area contributed by atoms with Crippen molar-refractivity contribution in [2.75, 3.05) is 0 Å². The van der Waals surface area contributed by atoms with E-state index in [-0.39, 0.29) is 12.5 Å². The Hall–Kier alpha value is -1.35. The minimum Gasteiger partial charge on any atom is -0.481 e. The number of hydrogen-bond acceptors (Lipinski definition) is 2. The molecule has 86 valence electrons. The molecule has 16 heavy (non-hydrogen) atoms. The summed E-state index contributed by atoms with van der Waals surface area (Å²) < 4.78 is 0. The molecule has 0 aliphatic carbocycles. The minimum atomic E-state index is -0.716. The summed E-state index contributed by atoms with van der Waals surface area (Å²) in [6.45, 7) is 0. The Balaban J connectivity index is 1.99. The molecule has 2 N–H and O–H groups in total. The number of nitrogens with one attached hydrogen (secondary N) is 1. The van der Waals surface area contributed by atoms with E-state index in [1.165, 1.54) is 5.56 Å². The maximum atomic E-state index is 10.7. The van der Waals surface area contributed by atoms with E-state index in [1.807, 2.05) is 18.2 Å². The van der Waals surface area contributed by atoms with E-state index in [0.717, 1.165) is 19.3 Å². The van der Waals surface area contributed by atoms with Crippen LogP contribution in [0.1, 0.15) is 37.3 Å². The number of hydrogen-bond donors (Lipinski definition) is 2. The third-order valence-corrected chi connectivity index (χ3v) is 3.11. The molecule has 1 saturated heterocycles. The Bertz CT molecular complexity index is 350. The van der Waals surface area contributed by atoms with Gasteiger partial charge < -0.3 is 10.4 Å². The molecule has 0 saturated carbocycles. The van der Waals surface area contributed by atoms with E-state index in [9.17, 15) is 4.79 Å². The van der Waals surface area contributed by atoms with Crippen molar-refractivity contribution in [1.82, 2.24) is 5.32 Å². The molecular weight excluding hydrogens is 202 g/mol. The largest absolute Gasteiger partial charge is 0.481 e. The van der Waals surface area contributed by atoms with Crippen molar-refractivity contribution in [2.45, 2.75) is 37.8 Å². The predicted molar refractivity (Wildman–Crippen MR) is 62.2 cm³/mol. The lowest BCUT2D eigenvalue weighted by molar-refractivity contribution is -0.137. The quantitative estimate of drug-likeness (QED) is 0.820. The third-order valence-electron chi connectivity index (χ3n) is 3.11. The van der Waals surface area contributed by atoms with E-state index in [1.54, 1.807) is 0 Å². The van der Waals surface area contributed by atoms with Gasteiger partial charge in [0.2, 0.25) is 0 Å². The first-order valence-corrected chi connectivity index (χ1v) is 5.78. The molecule has 2 unspecified atom stereocenters. The van der Waals surface area contributed by atoms with E-state index >= 15 is 0 Å². The zero-order valence-corrected chi connectivity index (χ0v) is 9.23. The number of rotatable bonds is 3. The van der Waals surface area contributed by atoms with Gasteiger partial charge in [-0.25, -0.2) is 0 Å². The Morgan fingerprint density at radius 2 is 2.06 bits per heavy atom. The molecule has 3 nitrogen and oxygen atoms in total. The fourth-order valence-electron chi connectivity index (χ4n) is 2.34. The summed E-state index contributed by atoms with van der Waals surface area (Å²) >= 11 is 0. The number of carboxylic acids is 1. The summed E-state index contributed by atoms with van der Waals surface area (Å²) in [4.78, 5) is 10.7. The lowest BCUT2D eigenvalue weighted by Gasteiger charge is -2.30. The fourth-order valence-corrected chi connectivity index (χ4v) is 2.34. The first-order valence-electron chi connectivity index (χ1n) is 5.78. The number of benzene rings is 1. The third kappa shape index (κ3) is 2.83. The van der Waals surface area contributed by atoms with E-state index in [0.29, 0.717) is 6.04 Å². The number of carboxylic acid groups (broad SMARTS) is 1. The average Bonchev–Trinajstić information content (AvgIpc) is 2.30. The van der Waals surface area contributed by atoms with Gasteiger partial charge in [0.25, 0.3) is 0 Å². The van der Waals surface area contributed by atoms with Gasteiger partial charge >= 0.3 is 5.97 Å². The van der Waals surface area contributed by atoms with Crippen LogP contribution in [-0.2, 0) is 4.79 Å². The molecule has 1 fully saturated rings. The Labute approximate surface area is 95.5 Å². The van der Waals surface area contributed by atoms with Gasteiger partial charge in [-0.15, -0.1) is 0 Å². The molecule has 0 radical (unpaired) electrons. The van der Waals surface area contributed by atoms with Crippen LogP contribution < -0.4 is 5.32 Å². The second kappa shape index (κ2) is 5.12. The fraction of sp³-hybridized carbons (Fsp3) is 0.462. The molecule has 3 heteroatoms. The van der Waals surface area contributed by atoms with Crippen LogP contribution in [0.25, 0.3) is 0 Å². The molecule has 1 aliphatic heterocycles. The summed E-state index contributed by atoms with van der Waals surface area (Å²) in [5.74, 6) is -0.716. The van der Waals surface area contributed by atoms with Gasteiger partial charge in [-0.1, -0.05) is 30.3 Å². The number of carbonyl (C=O) groups is 1. The first kappa shape index (κ1) is 11.1. The van der Waals surface area contributed by atoms with Gasteiger partial charge in [-0.05, 0) is 24.8 Å². The molecule has 0 aromatic heterocycles. The van der Waals surface area contributed by atoms with E-state index in [4.69, 9.17) is 5.11 Å². The van der Waals surface area contributed by atoms with Crippen molar-refractivity contribution in [1.29, 1.82) is 0 Å². The highest BCUT2D eigenvalue weighted by Gasteiger charge is 2.23. The van der Waals surface area contributed by atoms with Crippen LogP contribution in [0.4, 0.5) is 0 Å². The summed E-state index contributed by atoms with van der Waals surface area (Å²) in [5, 5.41) is 12.2. The van der Waals surface area contributed by atoms with Crippen molar-refractivity contribution in [2.24, 2.45) is 0 Å². The molecule has 0 bridgehead atoms. The molecule has 1 aromatic rings. The van der Waals surface area contributed by atoms with Gasteiger partial charge in [0, 0.05) is 12.1 Å². The lowest BCUT2D eigenvalue weighted by atomic mass is 9.92. The SMILES string of the molecule is O=C(O)CC1CCCC(c2ccccc2)N1. The summed E-state index contributed by atoms with van der Waals surface area (Å²) in [7, 11) is 0. The smallest absolute Gasteiger partial charge is 0.304 e. The van der Waals surface area contributed by atoms with Crippen molar-refractivity contribution in [3.05, 3.63) is 35.9 Å². The molecule has 1 heterocycles. The Kier molecular flexibility index (Phi) is 3.57. The predicted octanol–water partition coefficient (Wildman–Crippen LogP) is 2.34. The molecule has 0 amide bonds. The topological polar surface area (TPSA) is 49.3 Å². The van der Waals surface area contributed by atoms with Crippen LogP contribution in [-0.4, -0.2) is 17.1 Å². The van der Waals surface area contributed by atoms with Gasteiger partial charge in [0.05, 0.1) is 6.42 Å². The second-order valence-electron chi connectivity index (χ2n) is 4.36. The van der Waals surface area contributed by atoms with Gasteiger partial charge in [0.1, 0.15) is 0 Å². The van der Waals surface area contributed by atoms with Crippen LogP contribution in [0.15, 0.2) is 30.3 Å². The van der Waals surface area contributed by atoms with Crippen molar-refractivity contribution in [3.8, 4) is 0 Å². The highest BCUT2D eigenvalue weighted by atomic mass is 16.4. The maximum Gasteiger partial charge on any atom is 0.304 e. The molecule has 1 aliphatic rings. The van der Waals surface area contributed by atoms with Gasteiger partial charge in [0.15, 0.2) is 0 Å². The van der Waals surface area contributed by atoms with Crippen LogP contribution in [0.3, 0.4) is 0 Å². The normalized spacial score (nSPS) is 25.2. The monoisotopic (exact) mass is 219 g/mol. The van der Waals surface area contributed by atoms with E-state index in [2.05, 4.69) is 17.4 Å². The maximum absolute atomic E-state index is 10.7. The average molecular weight is 219 g/mol. The molecule has 0 spiro atoms.